The maximum Gasteiger partial charge on any atom is 0.225 e. The van der Waals surface area contributed by atoms with E-state index in [4.69, 9.17) is 4.42 Å². The molecule has 0 saturated heterocycles. The van der Waals surface area contributed by atoms with Gasteiger partial charge >= 0.3 is 0 Å². The standard InChI is InChI=1S/C20H19N5O2/c1-13-4-6-15(7-5-13)16-12-22-18(27-16)9-8-17(26)23-19-14(2)24-25-11-3-10-21-20(19)25/h3-7,10-12H,8-9H2,1-2H3,(H,23,26). The van der Waals surface area contributed by atoms with E-state index in [1.54, 1.807) is 29.2 Å². The molecular formula is C20H19N5O2. The zero-order valence-electron chi connectivity index (χ0n) is 15.1. The number of hydrogen-bond donors (Lipinski definition) is 1. The Kier molecular flexibility index (Phi) is 4.42. The SMILES string of the molecule is Cc1ccc(-c2cnc(CCC(=O)Nc3c(C)nn4cccnc34)o2)cc1. The Balaban J connectivity index is 1.41. The zero-order chi connectivity index (χ0) is 18.8. The van der Waals surface area contributed by atoms with Crippen LogP contribution >= 0.6 is 0 Å². The molecule has 1 aromatic carbocycles. The van der Waals surface area contributed by atoms with E-state index < -0.39 is 0 Å². The van der Waals surface area contributed by atoms with Crippen LogP contribution in [-0.4, -0.2) is 25.5 Å². The minimum Gasteiger partial charge on any atom is -0.441 e. The van der Waals surface area contributed by atoms with Crippen molar-refractivity contribution in [1.29, 1.82) is 0 Å². The number of amides is 1. The predicted octanol–water partition coefficient (Wildman–Crippen LogP) is 3.57. The normalized spacial score (nSPS) is 11.0. The molecule has 0 bridgehead atoms. The van der Waals surface area contributed by atoms with E-state index in [1.807, 2.05) is 38.1 Å². The molecular weight excluding hydrogens is 342 g/mol. The molecule has 0 unspecified atom stereocenters. The topological polar surface area (TPSA) is 85.3 Å². The second-order valence-electron chi connectivity index (χ2n) is 6.38. The molecule has 0 spiro atoms. The van der Waals surface area contributed by atoms with E-state index in [-0.39, 0.29) is 12.3 Å². The molecule has 0 aliphatic rings. The predicted molar refractivity (Wildman–Crippen MR) is 101 cm³/mol. The van der Waals surface area contributed by atoms with Crippen LogP contribution in [0.3, 0.4) is 0 Å². The van der Waals surface area contributed by atoms with Crippen LogP contribution < -0.4 is 5.32 Å². The van der Waals surface area contributed by atoms with E-state index in [0.29, 0.717) is 29.4 Å². The summed E-state index contributed by atoms with van der Waals surface area (Å²) < 4.78 is 7.41. The number of carbonyl (C=O) groups is 1. The number of nitrogens with one attached hydrogen (secondary N) is 1. The van der Waals surface area contributed by atoms with Gasteiger partial charge in [-0.1, -0.05) is 29.8 Å². The molecule has 0 radical (unpaired) electrons. The maximum absolute atomic E-state index is 12.3. The molecule has 0 fully saturated rings. The number of rotatable bonds is 5. The van der Waals surface area contributed by atoms with E-state index in [1.165, 1.54) is 5.56 Å². The molecule has 4 aromatic rings. The van der Waals surface area contributed by atoms with Crippen LogP contribution in [-0.2, 0) is 11.2 Å². The Bertz CT molecular complexity index is 1100. The minimum atomic E-state index is -0.131. The lowest BCUT2D eigenvalue weighted by atomic mass is 10.1. The maximum atomic E-state index is 12.3. The van der Waals surface area contributed by atoms with Gasteiger partial charge < -0.3 is 9.73 Å². The zero-order valence-corrected chi connectivity index (χ0v) is 15.1. The summed E-state index contributed by atoms with van der Waals surface area (Å²) in [4.78, 5) is 20.9. The number of carbonyl (C=O) groups excluding carboxylic acids is 1. The van der Waals surface area contributed by atoms with Crippen LogP contribution in [0.5, 0.6) is 0 Å². The van der Waals surface area contributed by atoms with Gasteiger partial charge in [0, 0.05) is 30.8 Å². The van der Waals surface area contributed by atoms with Crippen molar-refractivity contribution in [2.75, 3.05) is 5.32 Å². The summed E-state index contributed by atoms with van der Waals surface area (Å²) in [5.41, 5.74) is 4.14. The summed E-state index contributed by atoms with van der Waals surface area (Å²) >= 11 is 0. The highest BCUT2D eigenvalue weighted by atomic mass is 16.4. The Morgan fingerprint density at radius 2 is 2.00 bits per heavy atom. The Labute approximate surface area is 156 Å². The third-order valence-electron chi connectivity index (χ3n) is 4.29. The molecule has 7 heteroatoms. The highest BCUT2D eigenvalue weighted by molar-refractivity contribution is 5.95. The van der Waals surface area contributed by atoms with Crippen molar-refractivity contribution in [3.63, 3.8) is 0 Å². The van der Waals surface area contributed by atoms with E-state index in [9.17, 15) is 4.79 Å². The smallest absolute Gasteiger partial charge is 0.225 e. The third kappa shape index (κ3) is 3.57. The van der Waals surface area contributed by atoms with Gasteiger partial charge in [-0.05, 0) is 19.9 Å². The second kappa shape index (κ2) is 7.03. The molecule has 0 atom stereocenters. The number of hydrogen-bond acceptors (Lipinski definition) is 5. The van der Waals surface area contributed by atoms with Gasteiger partial charge in [-0.3, -0.25) is 4.79 Å². The molecule has 3 aromatic heterocycles. The monoisotopic (exact) mass is 361 g/mol. The number of nitrogens with zero attached hydrogens (tertiary/aromatic N) is 4. The first-order chi connectivity index (χ1) is 13.1. The molecule has 1 N–H and O–H groups in total. The Morgan fingerprint density at radius 3 is 2.81 bits per heavy atom. The van der Waals surface area contributed by atoms with Gasteiger partial charge in [0.2, 0.25) is 5.91 Å². The molecule has 0 saturated carbocycles. The number of anilines is 1. The van der Waals surface area contributed by atoms with Crippen molar-refractivity contribution < 1.29 is 9.21 Å². The molecule has 136 valence electrons. The first kappa shape index (κ1) is 17.0. The third-order valence-corrected chi connectivity index (χ3v) is 4.29. The number of aryl methyl sites for hydroxylation is 3. The lowest BCUT2D eigenvalue weighted by molar-refractivity contribution is -0.116. The fourth-order valence-corrected chi connectivity index (χ4v) is 2.84. The van der Waals surface area contributed by atoms with Gasteiger partial charge in [0.1, 0.15) is 5.69 Å². The highest BCUT2D eigenvalue weighted by Crippen LogP contribution is 2.22. The molecule has 0 aliphatic carbocycles. The first-order valence-electron chi connectivity index (χ1n) is 8.72. The largest absolute Gasteiger partial charge is 0.441 e. The van der Waals surface area contributed by atoms with Crippen LogP contribution in [0.25, 0.3) is 17.0 Å². The second-order valence-corrected chi connectivity index (χ2v) is 6.38. The first-order valence-corrected chi connectivity index (χ1v) is 8.72. The summed E-state index contributed by atoms with van der Waals surface area (Å²) in [5, 5.41) is 7.23. The van der Waals surface area contributed by atoms with Crippen molar-refractivity contribution >= 4 is 17.2 Å². The number of oxazole rings is 1. The van der Waals surface area contributed by atoms with Crippen LogP contribution in [0.4, 0.5) is 5.69 Å². The Morgan fingerprint density at radius 1 is 1.19 bits per heavy atom. The van der Waals surface area contributed by atoms with Gasteiger partial charge in [-0.25, -0.2) is 14.5 Å². The lowest BCUT2D eigenvalue weighted by Gasteiger charge is -2.03. The van der Waals surface area contributed by atoms with E-state index in [2.05, 4.69) is 20.4 Å². The van der Waals surface area contributed by atoms with Crippen LogP contribution in [0, 0.1) is 13.8 Å². The lowest BCUT2D eigenvalue weighted by Crippen LogP contribution is -2.13. The summed E-state index contributed by atoms with van der Waals surface area (Å²) in [6, 6.07) is 9.83. The molecule has 3 heterocycles. The summed E-state index contributed by atoms with van der Waals surface area (Å²) in [5.74, 6) is 1.11. The van der Waals surface area contributed by atoms with E-state index in [0.717, 1.165) is 11.3 Å². The molecule has 4 rings (SSSR count). The van der Waals surface area contributed by atoms with Crippen molar-refractivity contribution in [2.45, 2.75) is 26.7 Å². The van der Waals surface area contributed by atoms with Crippen molar-refractivity contribution in [3.8, 4) is 11.3 Å². The minimum absolute atomic E-state index is 0.131. The average molecular weight is 361 g/mol. The Hall–Kier alpha value is -3.48. The van der Waals surface area contributed by atoms with Crippen LogP contribution in [0.2, 0.25) is 0 Å². The number of benzene rings is 1. The van der Waals surface area contributed by atoms with Gasteiger partial charge in [-0.15, -0.1) is 0 Å². The summed E-state index contributed by atoms with van der Waals surface area (Å²) in [6.07, 6.45) is 5.84. The van der Waals surface area contributed by atoms with Crippen molar-refractivity contribution in [2.24, 2.45) is 0 Å². The van der Waals surface area contributed by atoms with Gasteiger partial charge in [0.25, 0.3) is 0 Å². The van der Waals surface area contributed by atoms with Crippen LogP contribution in [0.1, 0.15) is 23.6 Å². The molecule has 1 amide bonds. The van der Waals surface area contributed by atoms with Crippen molar-refractivity contribution in [1.82, 2.24) is 19.6 Å². The van der Waals surface area contributed by atoms with E-state index >= 15 is 0 Å². The van der Waals surface area contributed by atoms with Gasteiger partial charge in [0.15, 0.2) is 17.3 Å². The average Bonchev–Trinajstić information content (AvgIpc) is 3.26. The van der Waals surface area contributed by atoms with Crippen molar-refractivity contribution in [3.05, 3.63) is 66.1 Å². The molecule has 27 heavy (non-hydrogen) atoms. The summed E-state index contributed by atoms with van der Waals surface area (Å²) in [7, 11) is 0. The fraction of sp³-hybridized carbons (Fsp3) is 0.200. The highest BCUT2D eigenvalue weighted by Gasteiger charge is 2.14. The quantitative estimate of drug-likeness (QED) is 0.587. The molecule has 0 aliphatic heterocycles. The summed E-state index contributed by atoms with van der Waals surface area (Å²) in [6.45, 7) is 3.88. The number of aromatic nitrogens is 4. The van der Waals surface area contributed by atoms with Gasteiger partial charge in [0.05, 0.1) is 11.9 Å². The fourth-order valence-electron chi connectivity index (χ4n) is 2.84. The van der Waals surface area contributed by atoms with Crippen LogP contribution in [0.15, 0.2) is 53.3 Å². The van der Waals surface area contributed by atoms with Gasteiger partial charge in [-0.2, -0.15) is 5.10 Å². The molecule has 7 nitrogen and oxygen atoms in total. The number of fused-ring (bicyclic) bond motifs is 1.